The second-order valence-corrected chi connectivity index (χ2v) is 4.42. The van der Waals surface area contributed by atoms with Gasteiger partial charge in [-0.25, -0.2) is 0 Å². The summed E-state index contributed by atoms with van der Waals surface area (Å²) in [6.07, 6.45) is 0.570. The molecule has 0 aliphatic rings. The van der Waals surface area contributed by atoms with E-state index >= 15 is 0 Å². The molecule has 3 N–H and O–H groups in total. The highest BCUT2D eigenvalue weighted by molar-refractivity contribution is 6.06. The summed E-state index contributed by atoms with van der Waals surface area (Å²) >= 11 is 0. The largest absolute Gasteiger partial charge is 0.330 e. The molecule has 2 rings (SSSR count). The van der Waals surface area contributed by atoms with Crippen molar-refractivity contribution in [3.8, 4) is 0 Å². The Morgan fingerprint density at radius 3 is 2.52 bits per heavy atom. The highest BCUT2D eigenvalue weighted by Gasteiger charge is 2.17. The maximum absolute atomic E-state index is 12.3. The first kappa shape index (κ1) is 14.7. The van der Waals surface area contributed by atoms with Gasteiger partial charge in [0.25, 0.3) is 11.6 Å². The van der Waals surface area contributed by atoms with Crippen LogP contribution in [-0.4, -0.2) is 17.4 Å². The molecule has 0 saturated heterocycles. The number of nitrogens with zero attached hydrogens (tertiary/aromatic N) is 1. The first-order valence-electron chi connectivity index (χ1n) is 6.46. The number of para-hydroxylation sites is 2. The Bertz CT molecular complexity index is 671. The lowest BCUT2D eigenvalue weighted by Gasteiger charge is -2.09. The molecule has 0 unspecified atom stereocenters. The zero-order chi connectivity index (χ0) is 15.2. The number of nitrogens with one attached hydrogen (secondary N) is 1. The van der Waals surface area contributed by atoms with Crippen molar-refractivity contribution in [2.24, 2.45) is 5.73 Å². The Morgan fingerprint density at radius 1 is 1.14 bits per heavy atom. The van der Waals surface area contributed by atoms with E-state index in [1.54, 1.807) is 24.3 Å². The van der Waals surface area contributed by atoms with Gasteiger partial charge in [-0.15, -0.1) is 0 Å². The molecule has 0 aliphatic carbocycles. The summed E-state index contributed by atoms with van der Waals surface area (Å²) in [6.45, 7) is 0.426. The molecule has 0 aliphatic heterocycles. The summed E-state index contributed by atoms with van der Waals surface area (Å²) in [4.78, 5) is 22.7. The van der Waals surface area contributed by atoms with Crippen LogP contribution in [0.4, 0.5) is 11.4 Å². The van der Waals surface area contributed by atoms with Crippen LogP contribution in [0.25, 0.3) is 0 Å². The minimum absolute atomic E-state index is 0.137. The van der Waals surface area contributed by atoms with Crippen molar-refractivity contribution in [3.63, 3.8) is 0 Å². The van der Waals surface area contributed by atoms with E-state index < -0.39 is 4.92 Å². The van der Waals surface area contributed by atoms with Crippen LogP contribution in [0.1, 0.15) is 15.9 Å². The van der Waals surface area contributed by atoms with Gasteiger partial charge in [-0.3, -0.25) is 14.9 Å². The standard InChI is InChI=1S/C15H15N3O3/c16-10-9-11-5-1-2-6-12(11)15(19)17-13-7-3-4-8-14(13)18(20)21/h1-8H,9-10,16H2,(H,17,19). The van der Waals surface area contributed by atoms with Crippen LogP contribution in [0.15, 0.2) is 48.5 Å². The second kappa shape index (κ2) is 6.62. The third kappa shape index (κ3) is 3.43. The third-order valence-electron chi connectivity index (χ3n) is 3.02. The van der Waals surface area contributed by atoms with Crippen molar-refractivity contribution in [1.29, 1.82) is 0 Å². The first-order chi connectivity index (χ1) is 10.1. The van der Waals surface area contributed by atoms with Crippen LogP contribution in [0.3, 0.4) is 0 Å². The molecule has 0 bridgehead atoms. The zero-order valence-electron chi connectivity index (χ0n) is 11.3. The predicted molar refractivity (Wildman–Crippen MR) is 80.3 cm³/mol. The molecular weight excluding hydrogens is 270 g/mol. The highest BCUT2D eigenvalue weighted by atomic mass is 16.6. The molecular formula is C15H15N3O3. The van der Waals surface area contributed by atoms with Crippen LogP contribution in [0.5, 0.6) is 0 Å². The molecule has 0 heterocycles. The molecule has 0 spiro atoms. The van der Waals surface area contributed by atoms with Crippen molar-refractivity contribution < 1.29 is 9.72 Å². The second-order valence-electron chi connectivity index (χ2n) is 4.42. The van der Waals surface area contributed by atoms with E-state index in [4.69, 9.17) is 5.73 Å². The normalized spacial score (nSPS) is 10.1. The highest BCUT2D eigenvalue weighted by Crippen LogP contribution is 2.24. The Labute approximate surface area is 121 Å². The van der Waals surface area contributed by atoms with E-state index in [0.717, 1.165) is 5.56 Å². The van der Waals surface area contributed by atoms with Crippen LogP contribution in [0, 0.1) is 10.1 Å². The van der Waals surface area contributed by atoms with Gasteiger partial charge in [0.15, 0.2) is 0 Å². The van der Waals surface area contributed by atoms with Gasteiger partial charge in [-0.2, -0.15) is 0 Å². The van der Waals surface area contributed by atoms with Gasteiger partial charge in [-0.1, -0.05) is 30.3 Å². The predicted octanol–water partition coefficient (Wildman–Crippen LogP) is 2.35. The number of carbonyl (C=O) groups is 1. The van der Waals surface area contributed by atoms with E-state index in [1.165, 1.54) is 12.1 Å². The number of nitro benzene ring substituents is 1. The number of carbonyl (C=O) groups excluding carboxylic acids is 1. The van der Waals surface area contributed by atoms with Gasteiger partial charge in [0, 0.05) is 11.6 Å². The first-order valence-corrected chi connectivity index (χ1v) is 6.46. The Balaban J connectivity index is 2.29. The van der Waals surface area contributed by atoms with Crippen LogP contribution in [-0.2, 0) is 6.42 Å². The molecule has 0 fully saturated rings. The van der Waals surface area contributed by atoms with Gasteiger partial charge < -0.3 is 11.1 Å². The van der Waals surface area contributed by atoms with Gasteiger partial charge >= 0.3 is 0 Å². The number of anilines is 1. The van der Waals surface area contributed by atoms with Gasteiger partial charge in [0.2, 0.25) is 0 Å². The summed E-state index contributed by atoms with van der Waals surface area (Å²) in [6, 6.07) is 13.1. The number of hydrogen-bond donors (Lipinski definition) is 2. The molecule has 6 heteroatoms. The minimum atomic E-state index is -0.526. The van der Waals surface area contributed by atoms with Crippen LogP contribution < -0.4 is 11.1 Å². The smallest absolute Gasteiger partial charge is 0.292 e. The molecule has 2 aromatic rings. The topological polar surface area (TPSA) is 98.3 Å². The number of amides is 1. The number of nitrogens with two attached hydrogens (primary N) is 1. The zero-order valence-corrected chi connectivity index (χ0v) is 11.3. The van der Waals surface area contributed by atoms with Crippen molar-refractivity contribution in [1.82, 2.24) is 0 Å². The molecule has 1 amide bonds. The van der Waals surface area contributed by atoms with Crippen molar-refractivity contribution >= 4 is 17.3 Å². The summed E-state index contributed by atoms with van der Waals surface area (Å²) in [5.74, 6) is -0.381. The average Bonchev–Trinajstić information content (AvgIpc) is 2.48. The molecule has 0 aromatic heterocycles. The van der Waals surface area contributed by atoms with Crippen molar-refractivity contribution in [2.75, 3.05) is 11.9 Å². The fourth-order valence-corrected chi connectivity index (χ4v) is 2.04. The maximum atomic E-state index is 12.3. The summed E-state index contributed by atoms with van der Waals surface area (Å²) in [5, 5.41) is 13.5. The SMILES string of the molecule is NCCc1ccccc1C(=O)Nc1ccccc1[N+](=O)[O-]. The summed E-state index contributed by atoms with van der Waals surface area (Å²) < 4.78 is 0. The summed E-state index contributed by atoms with van der Waals surface area (Å²) in [5.41, 5.74) is 6.85. The lowest BCUT2D eigenvalue weighted by Crippen LogP contribution is -2.16. The average molecular weight is 285 g/mol. The lowest BCUT2D eigenvalue weighted by atomic mass is 10.0. The van der Waals surface area contributed by atoms with E-state index in [1.807, 2.05) is 12.1 Å². The molecule has 0 saturated carbocycles. The minimum Gasteiger partial charge on any atom is -0.330 e. The number of benzene rings is 2. The van der Waals surface area contributed by atoms with Crippen molar-refractivity contribution in [3.05, 3.63) is 69.8 Å². The van der Waals surface area contributed by atoms with Gasteiger partial charge in [0.05, 0.1) is 4.92 Å². The van der Waals surface area contributed by atoms with Gasteiger partial charge in [0.1, 0.15) is 5.69 Å². The van der Waals surface area contributed by atoms with Crippen molar-refractivity contribution in [2.45, 2.75) is 6.42 Å². The molecule has 21 heavy (non-hydrogen) atoms. The fourth-order valence-electron chi connectivity index (χ4n) is 2.04. The van der Waals surface area contributed by atoms with E-state index in [-0.39, 0.29) is 17.3 Å². The lowest BCUT2D eigenvalue weighted by molar-refractivity contribution is -0.383. The monoisotopic (exact) mass is 285 g/mol. The number of hydrogen-bond acceptors (Lipinski definition) is 4. The molecule has 2 aromatic carbocycles. The Morgan fingerprint density at radius 2 is 1.81 bits per heavy atom. The number of rotatable bonds is 5. The Kier molecular flexibility index (Phi) is 4.63. The fraction of sp³-hybridized carbons (Fsp3) is 0.133. The van der Waals surface area contributed by atoms with Crippen LogP contribution >= 0.6 is 0 Å². The number of nitro groups is 1. The Hall–Kier alpha value is -2.73. The molecule has 6 nitrogen and oxygen atoms in total. The molecule has 108 valence electrons. The molecule has 0 radical (unpaired) electrons. The molecule has 0 atom stereocenters. The van der Waals surface area contributed by atoms with E-state index in [9.17, 15) is 14.9 Å². The van der Waals surface area contributed by atoms with E-state index in [2.05, 4.69) is 5.32 Å². The van der Waals surface area contributed by atoms with Gasteiger partial charge in [-0.05, 0) is 30.7 Å². The third-order valence-corrected chi connectivity index (χ3v) is 3.02. The van der Waals surface area contributed by atoms with E-state index in [0.29, 0.717) is 18.5 Å². The van der Waals surface area contributed by atoms with Crippen LogP contribution in [0.2, 0.25) is 0 Å². The summed E-state index contributed by atoms with van der Waals surface area (Å²) in [7, 11) is 0. The quantitative estimate of drug-likeness (QED) is 0.650. The maximum Gasteiger partial charge on any atom is 0.292 e.